The molecule has 1 aromatic heterocycles. The second kappa shape index (κ2) is 4.86. The molecular formula is C15H18O3. The Bertz CT molecular complexity index is 555. The van der Waals surface area contributed by atoms with Crippen LogP contribution < -0.4 is 4.74 Å². The standard InChI is InChI=1S/C15H18O3/c1-9-7-11(3)13(12(8-9)17-4)14(16)15-10(2)5-6-18-15/h5-8,14,16H,1-4H3. The molecular weight excluding hydrogens is 228 g/mol. The van der Waals surface area contributed by atoms with Crippen molar-refractivity contribution in [2.75, 3.05) is 7.11 Å². The number of benzene rings is 1. The molecule has 0 radical (unpaired) electrons. The van der Waals surface area contributed by atoms with Crippen LogP contribution in [0.3, 0.4) is 0 Å². The van der Waals surface area contributed by atoms with Gasteiger partial charge in [-0.15, -0.1) is 0 Å². The summed E-state index contributed by atoms with van der Waals surface area (Å²) in [6, 6.07) is 5.79. The van der Waals surface area contributed by atoms with Gasteiger partial charge in [0.15, 0.2) is 0 Å². The highest BCUT2D eigenvalue weighted by atomic mass is 16.5. The molecule has 1 N–H and O–H groups in total. The van der Waals surface area contributed by atoms with E-state index in [0.717, 1.165) is 22.3 Å². The van der Waals surface area contributed by atoms with Crippen LogP contribution >= 0.6 is 0 Å². The molecule has 0 aliphatic rings. The lowest BCUT2D eigenvalue weighted by molar-refractivity contribution is 0.183. The number of hydrogen-bond acceptors (Lipinski definition) is 3. The number of aliphatic hydroxyl groups is 1. The Morgan fingerprint density at radius 2 is 1.89 bits per heavy atom. The van der Waals surface area contributed by atoms with Crippen LogP contribution in [0.2, 0.25) is 0 Å². The second-order valence-corrected chi connectivity index (χ2v) is 4.57. The van der Waals surface area contributed by atoms with Gasteiger partial charge in [-0.05, 0) is 49.6 Å². The first kappa shape index (κ1) is 12.7. The Balaban J connectivity index is 2.54. The van der Waals surface area contributed by atoms with E-state index >= 15 is 0 Å². The number of hydrogen-bond donors (Lipinski definition) is 1. The molecule has 1 atom stereocenters. The smallest absolute Gasteiger partial charge is 0.141 e. The highest BCUT2D eigenvalue weighted by molar-refractivity contribution is 5.47. The summed E-state index contributed by atoms with van der Waals surface area (Å²) in [5.41, 5.74) is 3.80. The molecule has 2 aromatic rings. The largest absolute Gasteiger partial charge is 0.496 e. The predicted octanol–water partition coefficient (Wildman–Crippen LogP) is 3.30. The van der Waals surface area contributed by atoms with Gasteiger partial charge < -0.3 is 14.3 Å². The summed E-state index contributed by atoms with van der Waals surface area (Å²) in [5, 5.41) is 10.5. The van der Waals surface area contributed by atoms with Crippen molar-refractivity contribution in [3.8, 4) is 5.75 Å². The van der Waals surface area contributed by atoms with E-state index in [1.54, 1.807) is 13.4 Å². The predicted molar refractivity (Wildman–Crippen MR) is 70.0 cm³/mol. The molecule has 1 unspecified atom stereocenters. The first-order valence-electron chi connectivity index (χ1n) is 5.91. The average Bonchev–Trinajstić information content (AvgIpc) is 2.73. The molecule has 0 spiro atoms. The van der Waals surface area contributed by atoms with Crippen molar-refractivity contribution in [1.29, 1.82) is 0 Å². The summed E-state index contributed by atoms with van der Waals surface area (Å²) in [7, 11) is 1.61. The summed E-state index contributed by atoms with van der Waals surface area (Å²) in [5.74, 6) is 1.26. The third-order valence-corrected chi connectivity index (χ3v) is 3.14. The maximum atomic E-state index is 10.5. The Morgan fingerprint density at radius 3 is 2.44 bits per heavy atom. The van der Waals surface area contributed by atoms with E-state index in [4.69, 9.17) is 9.15 Å². The Labute approximate surface area is 107 Å². The van der Waals surface area contributed by atoms with E-state index in [0.29, 0.717) is 11.5 Å². The van der Waals surface area contributed by atoms with Gasteiger partial charge in [-0.3, -0.25) is 0 Å². The second-order valence-electron chi connectivity index (χ2n) is 4.57. The Hall–Kier alpha value is -1.74. The average molecular weight is 246 g/mol. The Kier molecular flexibility index (Phi) is 3.43. The van der Waals surface area contributed by atoms with Gasteiger partial charge in [0.25, 0.3) is 0 Å². The van der Waals surface area contributed by atoms with Crippen LogP contribution in [-0.2, 0) is 0 Å². The molecule has 0 amide bonds. The van der Waals surface area contributed by atoms with Gasteiger partial charge in [0, 0.05) is 5.56 Å². The highest BCUT2D eigenvalue weighted by Crippen LogP contribution is 2.35. The van der Waals surface area contributed by atoms with Crippen LogP contribution in [-0.4, -0.2) is 12.2 Å². The minimum Gasteiger partial charge on any atom is -0.496 e. The van der Waals surface area contributed by atoms with Gasteiger partial charge in [-0.2, -0.15) is 0 Å². The molecule has 96 valence electrons. The fraction of sp³-hybridized carbons (Fsp3) is 0.333. The van der Waals surface area contributed by atoms with Crippen molar-refractivity contribution in [3.05, 3.63) is 52.5 Å². The molecule has 2 rings (SSSR count). The first-order chi connectivity index (χ1) is 8.54. The van der Waals surface area contributed by atoms with Crippen LogP contribution in [0.15, 0.2) is 28.9 Å². The number of methoxy groups -OCH3 is 1. The molecule has 0 aliphatic heterocycles. The zero-order valence-corrected chi connectivity index (χ0v) is 11.2. The van der Waals surface area contributed by atoms with Crippen LogP contribution in [0.1, 0.15) is 34.1 Å². The maximum Gasteiger partial charge on any atom is 0.141 e. The van der Waals surface area contributed by atoms with Gasteiger partial charge in [0.05, 0.1) is 13.4 Å². The molecule has 0 saturated heterocycles. The summed E-state index contributed by atoms with van der Waals surface area (Å²) in [6.45, 7) is 5.88. The summed E-state index contributed by atoms with van der Waals surface area (Å²) in [4.78, 5) is 0. The van der Waals surface area contributed by atoms with Crippen LogP contribution in [0, 0.1) is 20.8 Å². The summed E-state index contributed by atoms with van der Waals surface area (Å²) in [6.07, 6.45) is 0.791. The highest BCUT2D eigenvalue weighted by Gasteiger charge is 2.22. The molecule has 1 aromatic carbocycles. The van der Waals surface area contributed by atoms with Crippen LogP contribution in [0.5, 0.6) is 5.75 Å². The van der Waals surface area contributed by atoms with E-state index < -0.39 is 6.10 Å². The molecule has 0 fully saturated rings. The molecule has 0 saturated carbocycles. The topological polar surface area (TPSA) is 42.6 Å². The number of rotatable bonds is 3. The SMILES string of the molecule is COc1cc(C)cc(C)c1C(O)c1occc1C. The molecule has 3 nitrogen and oxygen atoms in total. The van der Waals surface area contributed by atoms with Crippen LogP contribution in [0.4, 0.5) is 0 Å². The number of ether oxygens (including phenoxy) is 1. The molecule has 0 aliphatic carbocycles. The van der Waals surface area contributed by atoms with Crippen molar-refractivity contribution >= 4 is 0 Å². The minimum absolute atomic E-state index is 0.570. The molecule has 1 heterocycles. The number of aryl methyl sites for hydroxylation is 3. The lowest BCUT2D eigenvalue weighted by Crippen LogP contribution is -2.05. The molecule has 3 heteroatoms. The number of aliphatic hydroxyl groups excluding tert-OH is 1. The summed E-state index contributed by atoms with van der Waals surface area (Å²) < 4.78 is 10.7. The van der Waals surface area contributed by atoms with Gasteiger partial charge in [-0.25, -0.2) is 0 Å². The van der Waals surface area contributed by atoms with Gasteiger partial charge in [0.1, 0.15) is 17.6 Å². The zero-order chi connectivity index (χ0) is 13.3. The normalized spacial score (nSPS) is 12.5. The van der Waals surface area contributed by atoms with Gasteiger partial charge in [-0.1, -0.05) is 6.07 Å². The fourth-order valence-electron chi connectivity index (χ4n) is 2.25. The first-order valence-corrected chi connectivity index (χ1v) is 5.91. The van der Waals surface area contributed by atoms with Crippen molar-refractivity contribution in [1.82, 2.24) is 0 Å². The summed E-state index contributed by atoms with van der Waals surface area (Å²) >= 11 is 0. The third-order valence-electron chi connectivity index (χ3n) is 3.14. The maximum absolute atomic E-state index is 10.5. The number of furan rings is 1. The lowest BCUT2D eigenvalue weighted by atomic mass is 9.97. The lowest BCUT2D eigenvalue weighted by Gasteiger charge is -2.17. The van der Waals surface area contributed by atoms with Crippen molar-refractivity contribution in [3.63, 3.8) is 0 Å². The zero-order valence-electron chi connectivity index (χ0n) is 11.2. The van der Waals surface area contributed by atoms with Crippen molar-refractivity contribution in [2.24, 2.45) is 0 Å². The third kappa shape index (κ3) is 2.14. The van der Waals surface area contributed by atoms with E-state index in [2.05, 4.69) is 0 Å². The minimum atomic E-state index is -0.796. The van der Waals surface area contributed by atoms with Crippen molar-refractivity contribution < 1.29 is 14.3 Å². The van der Waals surface area contributed by atoms with E-state index in [1.165, 1.54) is 0 Å². The Morgan fingerprint density at radius 1 is 1.17 bits per heavy atom. The fourth-order valence-corrected chi connectivity index (χ4v) is 2.25. The molecule has 18 heavy (non-hydrogen) atoms. The quantitative estimate of drug-likeness (QED) is 0.903. The van der Waals surface area contributed by atoms with Crippen LogP contribution in [0.25, 0.3) is 0 Å². The van der Waals surface area contributed by atoms with E-state index in [9.17, 15) is 5.11 Å². The molecule has 0 bridgehead atoms. The van der Waals surface area contributed by atoms with Crippen molar-refractivity contribution in [2.45, 2.75) is 26.9 Å². The van der Waals surface area contributed by atoms with Gasteiger partial charge >= 0.3 is 0 Å². The van der Waals surface area contributed by atoms with Gasteiger partial charge in [0.2, 0.25) is 0 Å². The van der Waals surface area contributed by atoms with E-state index in [1.807, 2.05) is 39.0 Å². The van der Waals surface area contributed by atoms with E-state index in [-0.39, 0.29) is 0 Å². The monoisotopic (exact) mass is 246 g/mol.